The van der Waals surface area contributed by atoms with Crippen molar-refractivity contribution in [3.05, 3.63) is 40.6 Å². The second kappa shape index (κ2) is 6.39. The van der Waals surface area contributed by atoms with Gasteiger partial charge in [-0.1, -0.05) is 6.58 Å². The Morgan fingerprint density at radius 3 is 2.88 bits per heavy atom. The van der Waals surface area contributed by atoms with Crippen molar-refractivity contribution in [1.29, 1.82) is 0 Å². The van der Waals surface area contributed by atoms with E-state index in [1.807, 2.05) is 0 Å². The van der Waals surface area contributed by atoms with Gasteiger partial charge in [0.05, 0.1) is 11.1 Å². The second-order valence-electron chi connectivity index (χ2n) is 3.31. The van der Waals surface area contributed by atoms with E-state index in [1.54, 1.807) is 19.1 Å². The van der Waals surface area contributed by atoms with Gasteiger partial charge < -0.3 is 10.1 Å². The number of halogens is 2. The summed E-state index contributed by atoms with van der Waals surface area (Å²) in [6, 6.07) is 4.62. The third kappa shape index (κ3) is 4.19. The predicted molar refractivity (Wildman–Crippen MR) is 68.4 cm³/mol. The van der Waals surface area contributed by atoms with E-state index in [0.29, 0.717) is 22.3 Å². The highest BCUT2D eigenvalue weighted by molar-refractivity contribution is 9.10. The Balaban J connectivity index is 2.53. The highest BCUT2D eigenvalue weighted by Gasteiger charge is 2.07. The molecular weight excluding hydrogens is 289 g/mol. The summed E-state index contributed by atoms with van der Waals surface area (Å²) in [6.07, 6.45) is 0. The van der Waals surface area contributed by atoms with Crippen LogP contribution in [-0.4, -0.2) is 19.1 Å². The minimum absolute atomic E-state index is 0.222. The summed E-state index contributed by atoms with van der Waals surface area (Å²) >= 11 is 3.06. The maximum Gasteiger partial charge on any atom is 0.335 e. The first-order chi connectivity index (χ1) is 8.04. The molecular formula is C12H13BrFNO2. The Hall–Kier alpha value is -1.36. The molecule has 0 aliphatic rings. The zero-order valence-electron chi connectivity index (χ0n) is 9.43. The van der Waals surface area contributed by atoms with Crippen LogP contribution in [-0.2, 0) is 9.53 Å². The Kier molecular flexibility index (Phi) is 5.15. The highest BCUT2D eigenvalue weighted by Crippen LogP contribution is 2.19. The van der Waals surface area contributed by atoms with Crippen molar-refractivity contribution in [2.45, 2.75) is 6.92 Å². The summed E-state index contributed by atoms with van der Waals surface area (Å²) in [5, 5.41) is 2.89. The molecule has 1 rings (SSSR count). The van der Waals surface area contributed by atoms with Gasteiger partial charge in [-0.15, -0.1) is 0 Å². The van der Waals surface area contributed by atoms with Crippen LogP contribution >= 0.6 is 15.9 Å². The van der Waals surface area contributed by atoms with Crippen molar-refractivity contribution in [1.82, 2.24) is 0 Å². The van der Waals surface area contributed by atoms with E-state index in [2.05, 4.69) is 27.8 Å². The molecule has 0 saturated carbocycles. The van der Waals surface area contributed by atoms with Gasteiger partial charge in [0.25, 0.3) is 0 Å². The van der Waals surface area contributed by atoms with Crippen LogP contribution in [0.15, 0.2) is 34.8 Å². The minimum atomic E-state index is -0.447. The van der Waals surface area contributed by atoms with Crippen molar-refractivity contribution >= 4 is 27.6 Å². The zero-order valence-corrected chi connectivity index (χ0v) is 11.0. The summed E-state index contributed by atoms with van der Waals surface area (Å²) in [6.45, 7) is 5.85. The van der Waals surface area contributed by atoms with E-state index in [9.17, 15) is 9.18 Å². The fraction of sp³-hybridized carbons (Fsp3) is 0.250. The van der Waals surface area contributed by atoms with Gasteiger partial charge in [0.1, 0.15) is 5.82 Å². The molecule has 0 fully saturated rings. The number of rotatable bonds is 5. The Labute approximate surface area is 108 Å². The van der Waals surface area contributed by atoms with Crippen molar-refractivity contribution in [2.75, 3.05) is 18.5 Å². The molecule has 0 aliphatic carbocycles. The first-order valence-electron chi connectivity index (χ1n) is 5.08. The molecule has 0 amide bonds. The molecule has 1 aromatic carbocycles. The monoisotopic (exact) mass is 301 g/mol. The van der Waals surface area contributed by atoms with Crippen molar-refractivity contribution < 1.29 is 13.9 Å². The zero-order chi connectivity index (χ0) is 12.8. The van der Waals surface area contributed by atoms with Crippen molar-refractivity contribution in [3.8, 4) is 0 Å². The van der Waals surface area contributed by atoms with Gasteiger partial charge >= 0.3 is 5.97 Å². The summed E-state index contributed by atoms with van der Waals surface area (Å²) in [7, 11) is 0. The second-order valence-corrected chi connectivity index (χ2v) is 4.16. The Morgan fingerprint density at radius 1 is 1.59 bits per heavy atom. The van der Waals surface area contributed by atoms with Gasteiger partial charge in [0.2, 0.25) is 0 Å². The standard InChI is InChI=1S/C12H13BrFNO2/c1-3-17-12(16)8(2)7-15-9-4-5-10(13)11(14)6-9/h4-6,15H,2-3,7H2,1H3. The lowest BCUT2D eigenvalue weighted by Gasteiger charge is -2.08. The van der Waals surface area contributed by atoms with E-state index in [0.717, 1.165) is 0 Å². The lowest BCUT2D eigenvalue weighted by atomic mass is 10.2. The molecule has 0 spiro atoms. The third-order valence-corrected chi connectivity index (χ3v) is 2.63. The lowest BCUT2D eigenvalue weighted by Crippen LogP contribution is -2.14. The van der Waals surface area contributed by atoms with Gasteiger partial charge in [-0.25, -0.2) is 9.18 Å². The Bertz CT molecular complexity index is 435. The lowest BCUT2D eigenvalue weighted by molar-refractivity contribution is -0.138. The molecule has 0 atom stereocenters. The van der Waals surface area contributed by atoms with Gasteiger partial charge in [-0.3, -0.25) is 0 Å². The highest BCUT2D eigenvalue weighted by atomic mass is 79.9. The largest absolute Gasteiger partial charge is 0.463 e. The molecule has 0 heterocycles. The normalized spacial score (nSPS) is 9.82. The molecule has 1 N–H and O–H groups in total. The number of carbonyl (C=O) groups is 1. The van der Waals surface area contributed by atoms with Gasteiger partial charge in [-0.2, -0.15) is 0 Å². The number of hydrogen-bond acceptors (Lipinski definition) is 3. The third-order valence-electron chi connectivity index (χ3n) is 1.99. The fourth-order valence-corrected chi connectivity index (χ4v) is 1.37. The van der Waals surface area contributed by atoms with Crippen molar-refractivity contribution in [3.63, 3.8) is 0 Å². The quantitative estimate of drug-likeness (QED) is 0.671. The average Bonchev–Trinajstić information content (AvgIpc) is 2.30. The summed E-state index contributed by atoms with van der Waals surface area (Å²) < 4.78 is 18.4. The summed E-state index contributed by atoms with van der Waals surface area (Å²) in [5.41, 5.74) is 0.881. The van der Waals surface area contributed by atoms with Gasteiger partial charge in [0.15, 0.2) is 0 Å². The molecule has 17 heavy (non-hydrogen) atoms. The van der Waals surface area contributed by atoms with Gasteiger partial charge in [-0.05, 0) is 41.1 Å². The number of esters is 1. The molecule has 0 aromatic heterocycles. The van der Waals surface area contributed by atoms with E-state index >= 15 is 0 Å². The van der Waals surface area contributed by atoms with Crippen LogP contribution in [0, 0.1) is 5.82 Å². The first kappa shape index (κ1) is 13.7. The van der Waals surface area contributed by atoms with Crippen LogP contribution in [0.1, 0.15) is 6.92 Å². The van der Waals surface area contributed by atoms with Gasteiger partial charge in [0, 0.05) is 17.8 Å². The molecule has 0 saturated heterocycles. The van der Waals surface area contributed by atoms with E-state index in [-0.39, 0.29) is 12.4 Å². The molecule has 92 valence electrons. The number of nitrogens with one attached hydrogen (secondary N) is 1. The van der Waals surface area contributed by atoms with E-state index < -0.39 is 5.97 Å². The fourth-order valence-electron chi connectivity index (χ4n) is 1.12. The van der Waals surface area contributed by atoms with Crippen LogP contribution in [0.5, 0.6) is 0 Å². The van der Waals surface area contributed by atoms with Crippen molar-refractivity contribution in [2.24, 2.45) is 0 Å². The number of hydrogen-bond donors (Lipinski definition) is 1. The molecule has 3 nitrogen and oxygen atoms in total. The number of benzene rings is 1. The van der Waals surface area contributed by atoms with E-state index in [1.165, 1.54) is 6.07 Å². The molecule has 5 heteroatoms. The summed E-state index contributed by atoms with van der Waals surface area (Å²) in [4.78, 5) is 11.2. The maximum atomic E-state index is 13.2. The maximum absolute atomic E-state index is 13.2. The van der Waals surface area contributed by atoms with Crippen LogP contribution in [0.3, 0.4) is 0 Å². The molecule has 0 radical (unpaired) electrons. The number of carbonyl (C=O) groups excluding carboxylic acids is 1. The van der Waals surface area contributed by atoms with E-state index in [4.69, 9.17) is 4.74 Å². The SMILES string of the molecule is C=C(CNc1ccc(Br)c(F)c1)C(=O)OCC. The topological polar surface area (TPSA) is 38.3 Å². The Morgan fingerprint density at radius 2 is 2.29 bits per heavy atom. The smallest absolute Gasteiger partial charge is 0.335 e. The molecule has 1 aromatic rings. The van der Waals surface area contributed by atoms with Crippen LogP contribution < -0.4 is 5.32 Å². The first-order valence-corrected chi connectivity index (χ1v) is 5.87. The average molecular weight is 302 g/mol. The summed E-state index contributed by atoms with van der Waals surface area (Å²) in [5.74, 6) is -0.811. The molecule has 0 bridgehead atoms. The minimum Gasteiger partial charge on any atom is -0.463 e. The van der Waals surface area contributed by atoms with Crippen LogP contribution in [0.4, 0.5) is 10.1 Å². The van der Waals surface area contributed by atoms with Crippen LogP contribution in [0.2, 0.25) is 0 Å². The molecule has 0 aliphatic heterocycles. The molecule has 0 unspecified atom stereocenters. The van der Waals surface area contributed by atoms with Crippen LogP contribution in [0.25, 0.3) is 0 Å². The number of ether oxygens (including phenoxy) is 1. The predicted octanol–water partition coefficient (Wildman–Crippen LogP) is 3.12. The number of anilines is 1.